The van der Waals surface area contributed by atoms with E-state index in [4.69, 9.17) is 4.74 Å². The zero-order valence-electron chi connectivity index (χ0n) is 11.8. The average Bonchev–Trinajstić information content (AvgIpc) is 3.27. The SMILES string of the molecule is COc1ccccc1C1CC1C(=O)c1ccc(C)cc1. The lowest BCUT2D eigenvalue weighted by Gasteiger charge is -2.07. The van der Waals surface area contributed by atoms with E-state index < -0.39 is 0 Å². The third-order valence-electron chi connectivity index (χ3n) is 4.00. The van der Waals surface area contributed by atoms with Gasteiger partial charge in [-0.3, -0.25) is 4.79 Å². The molecule has 0 heterocycles. The molecule has 0 saturated heterocycles. The Balaban J connectivity index is 1.78. The van der Waals surface area contributed by atoms with Crippen molar-refractivity contribution in [1.82, 2.24) is 0 Å². The second-order valence-electron chi connectivity index (χ2n) is 5.42. The van der Waals surface area contributed by atoms with Crippen molar-refractivity contribution in [3.05, 3.63) is 65.2 Å². The Morgan fingerprint density at radius 2 is 1.80 bits per heavy atom. The minimum absolute atomic E-state index is 0.106. The summed E-state index contributed by atoms with van der Waals surface area (Å²) in [6.07, 6.45) is 0.924. The number of hydrogen-bond acceptors (Lipinski definition) is 2. The van der Waals surface area contributed by atoms with Crippen LogP contribution in [-0.2, 0) is 0 Å². The zero-order valence-corrected chi connectivity index (χ0v) is 11.8. The van der Waals surface area contributed by atoms with Gasteiger partial charge in [0.25, 0.3) is 0 Å². The van der Waals surface area contributed by atoms with Crippen LogP contribution < -0.4 is 4.74 Å². The van der Waals surface area contributed by atoms with E-state index in [2.05, 4.69) is 6.07 Å². The van der Waals surface area contributed by atoms with Crippen molar-refractivity contribution in [2.24, 2.45) is 5.92 Å². The summed E-state index contributed by atoms with van der Waals surface area (Å²) < 4.78 is 5.38. The van der Waals surface area contributed by atoms with Gasteiger partial charge in [-0.2, -0.15) is 0 Å². The van der Waals surface area contributed by atoms with Gasteiger partial charge in [-0.1, -0.05) is 48.0 Å². The minimum atomic E-state index is 0.106. The first-order chi connectivity index (χ1) is 9.70. The lowest BCUT2D eigenvalue weighted by molar-refractivity contribution is 0.0965. The largest absolute Gasteiger partial charge is 0.496 e. The maximum absolute atomic E-state index is 12.5. The molecule has 2 heteroatoms. The highest BCUT2D eigenvalue weighted by Gasteiger charge is 2.45. The van der Waals surface area contributed by atoms with E-state index in [1.165, 1.54) is 5.56 Å². The van der Waals surface area contributed by atoms with E-state index in [-0.39, 0.29) is 11.7 Å². The molecule has 0 bridgehead atoms. The van der Waals surface area contributed by atoms with Gasteiger partial charge in [0.2, 0.25) is 0 Å². The fourth-order valence-corrected chi connectivity index (χ4v) is 2.73. The van der Waals surface area contributed by atoms with Crippen LogP contribution in [0.15, 0.2) is 48.5 Å². The molecular formula is C18H18O2. The molecule has 0 aromatic heterocycles. The Labute approximate surface area is 119 Å². The standard InChI is InChI=1S/C18H18O2/c1-12-7-9-13(10-8-12)18(19)16-11-15(16)14-5-3-4-6-17(14)20-2/h3-10,15-16H,11H2,1-2H3. The van der Waals surface area contributed by atoms with Gasteiger partial charge < -0.3 is 4.74 Å². The number of rotatable bonds is 4. The number of para-hydroxylation sites is 1. The first-order valence-electron chi connectivity index (χ1n) is 6.94. The van der Waals surface area contributed by atoms with Crippen LogP contribution >= 0.6 is 0 Å². The summed E-state index contributed by atoms with van der Waals surface area (Å²) in [6.45, 7) is 2.03. The normalized spacial score (nSPS) is 20.5. The first kappa shape index (κ1) is 12.9. The number of benzene rings is 2. The number of hydrogen-bond donors (Lipinski definition) is 0. The van der Waals surface area contributed by atoms with Crippen molar-refractivity contribution in [1.29, 1.82) is 0 Å². The number of ether oxygens (including phenoxy) is 1. The smallest absolute Gasteiger partial charge is 0.166 e. The Bertz CT molecular complexity index is 628. The summed E-state index contributed by atoms with van der Waals surface area (Å²) >= 11 is 0. The van der Waals surface area contributed by atoms with Crippen LogP contribution in [0.4, 0.5) is 0 Å². The van der Waals surface area contributed by atoms with Crippen LogP contribution in [0.2, 0.25) is 0 Å². The van der Waals surface area contributed by atoms with Crippen molar-refractivity contribution in [3.8, 4) is 5.75 Å². The lowest BCUT2D eigenvalue weighted by Crippen LogP contribution is -2.03. The Morgan fingerprint density at radius 3 is 2.50 bits per heavy atom. The molecule has 0 aliphatic heterocycles. The average molecular weight is 266 g/mol. The van der Waals surface area contributed by atoms with Crippen molar-refractivity contribution < 1.29 is 9.53 Å². The number of ketones is 1. The molecule has 2 aromatic carbocycles. The van der Waals surface area contributed by atoms with Gasteiger partial charge in [0.05, 0.1) is 7.11 Å². The summed E-state index contributed by atoms with van der Waals surface area (Å²) in [5, 5.41) is 0. The molecule has 0 spiro atoms. The number of Topliss-reactive ketones (excluding diaryl/α,β-unsaturated/α-hetero) is 1. The fraction of sp³-hybridized carbons (Fsp3) is 0.278. The molecule has 102 valence electrons. The first-order valence-corrected chi connectivity index (χ1v) is 6.94. The third kappa shape index (κ3) is 2.34. The maximum atomic E-state index is 12.5. The molecule has 0 radical (unpaired) electrons. The molecule has 1 aliphatic rings. The second kappa shape index (κ2) is 5.12. The van der Waals surface area contributed by atoms with E-state index in [0.717, 1.165) is 23.3 Å². The van der Waals surface area contributed by atoms with Crippen LogP contribution in [0.1, 0.15) is 33.8 Å². The lowest BCUT2D eigenvalue weighted by atomic mass is 10.0. The molecule has 20 heavy (non-hydrogen) atoms. The minimum Gasteiger partial charge on any atom is -0.496 e. The van der Waals surface area contributed by atoms with Crippen LogP contribution in [0.3, 0.4) is 0 Å². The molecule has 1 fully saturated rings. The highest BCUT2D eigenvalue weighted by Crippen LogP contribution is 2.51. The van der Waals surface area contributed by atoms with Gasteiger partial charge in [0.1, 0.15) is 5.75 Å². The van der Waals surface area contributed by atoms with Gasteiger partial charge in [-0.25, -0.2) is 0 Å². The predicted molar refractivity (Wildman–Crippen MR) is 79.4 cm³/mol. The maximum Gasteiger partial charge on any atom is 0.166 e. The van der Waals surface area contributed by atoms with E-state index in [1.807, 2.05) is 49.4 Å². The number of methoxy groups -OCH3 is 1. The fourth-order valence-electron chi connectivity index (χ4n) is 2.73. The van der Waals surface area contributed by atoms with Crippen molar-refractivity contribution in [2.45, 2.75) is 19.3 Å². The van der Waals surface area contributed by atoms with Crippen LogP contribution in [0, 0.1) is 12.8 Å². The van der Waals surface area contributed by atoms with Gasteiger partial charge in [-0.05, 0) is 30.9 Å². The molecule has 1 aliphatic carbocycles. The molecule has 2 aromatic rings. The molecule has 2 nitrogen and oxygen atoms in total. The number of aryl methyl sites for hydroxylation is 1. The molecule has 2 atom stereocenters. The van der Waals surface area contributed by atoms with E-state index in [1.54, 1.807) is 7.11 Å². The second-order valence-corrected chi connectivity index (χ2v) is 5.42. The van der Waals surface area contributed by atoms with Crippen LogP contribution in [0.5, 0.6) is 5.75 Å². The van der Waals surface area contributed by atoms with Crippen LogP contribution in [0.25, 0.3) is 0 Å². The molecule has 0 amide bonds. The highest BCUT2D eigenvalue weighted by molar-refractivity contribution is 6.00. The quantitative estimate of drug-likeness (QED) is 0.782. The molecular weight excluding hydrogens is 248 g/mol. The monoisotopic (exact) mass is 266 g/mol. The molecule has 0 N–H and O–H groups in total. The Morgan fingerprint density at radius 1 is 1.10 bits per heavy atom. The van der Waals surface area contributed by atoms with Gasteiger partial charge in [0.15, 0.2) is 5.78 Å². The summed E-state index contributed by atoms with van der Waals surface area (Å²) in [4.78, 5) is 12.5. The van der Waals surface area contributed by atoms with E-state index >= 15 is 0 Å². The number of carbonyl (C=O) groups excluding carboxylic acids is 1. The van der Waals surface area contributed by atoms with E-state index in [9.17, 15) is 4.79 Å². The van der Waals surface area contributed by atoms with Crippen molar-refractivity contribution in [3.63, 3.8) is 0 Å². The number of carbonyl (C=O) groups is 1. The topological polar surface area (TPSA) is 26.3 Å². The summed E-state index contributed by atoms with van der Waals surface area (Å²) in [5.41, 5.74) is 3.15. The van der Waals surface area contributed by atoms with Gasteiger partial charge in [-0.15, -0.1) is 0 Å². The molecule has 1 saturated carbocycles. The summed E-state index contributed by atoms with van der Waals surface area (Å²) in [7, 11) is 1.68. The highest BCUT2D eigenvalue weighted by atomic mass is 16.5. The summed E-state index contributed by atoms with van der Waals surface area (Å²) in [6, 6.07) is 15.8. The molecule has 3 rings (SSSR count). The van der Waals surface area contributed by atoms with Crippen LogP contribution in [-0.4, -0.2) is 12.9 Å². The Hall–Kier alpha value is -2.09. The van der Waals surface area contributed by atoms with Gasteiger partial charge >= 0.3 is 0 Å². The Kier molecular flexibility index (Phi) is 3.31. The summed E-state index contributed by atoms with van der Waals surface area (Å²) in [5.74, 6) is 1.55. The van der Waals surface area contributed by atoms with Crippen molar-refractivity contribution >= 4 is 5.78 Å². The predicted octanol–water partition coefficient (Wildman–Crippen LogP) is 3.99. The molecule has 2 unspecified atom stereocenters. The van der Waals surface area contributed by atoms with Gasteiger partial charge in [0, 0.05) is 11.5 Å². The van der Waals surface area contributed by atoms with E-state index in [0.29, 0.717) is 5.92 Å². The third-order valence-corrected chi connectivity index (χ3v) is 4.00. The zero-order chi connectivity index (χ0) is 14.1. The van der Waals surface area contributed by atoms with Crippen molar-refractivity contribution in [2.75, 3.05) is 7.11 Å².